The van der Waals surface area contributed by atoms with Gasteiger partial charge in [0, 0.05) is 36.9 Å². The minimum Gasteiger partial charge on any atom is -0.369 e. The Labute approximate surface area is 161 Å². The number of nitrogens with zero attached hydrogens (tertiary/aromatic N) is 6. The molecule has 1 aromatic heterocycles. The molecule has 0 saturated carbocycles. The van der Waals surface area contributed by atoms with Crippen molar-refractivity contribution in [1.82, 2.24) is 25.1 Å². The van der Waals surface area contributed by atoms with Crippen molar-refractivity contribution in [1.29, 1.82) is 0 Å². The Morgan fingerprint density at radius 1 is 1.15 bits per heavy atom. The van der Waals surface area contributed by atoms with Crippen molar-refractivity contribution in [2.75, 3.05) is 31.1 Å². The molecule has 26 heavy (non-hydrogen) atoms. The van der Waals surface area contributed by atoms with Gasteiger partial charge in [-0.2, -0.15) is 0 Å². The van der Waals surface area contributed by atoms with Crippen LogP contribution in [0.25, 0.3) is 0 Å². The van der Waals surface area contributed by atoms with Crippen molar-refractivity contribution in [2.45, 2.75) is 52.6 Å². The van der Waals surface area contributed by atoms with Gasteiger partial charge in [0.15, 0.2) is 5.82 Å². The minimum absolute atomic E-state index is 0.273. The zero-order valence-corrected chi connectivity index (χ0v) is 16.9. The molecule has 7 heteroatoms. The highest BCUT2D eigenvalue weighted by Gasteiger charge is 2.29. The molecule has 6 nitrogen and oxygen atoms in total. The second-order valence-corrected chi connectivity index (χ2v) is 7.77. The SMILES string of the molecule is CCC[C@@H](c1nnnn1C(C)C)N1CCN(c2cc(Cl)ccc2C)CC1. The van der Waals surface area contributed by atoms with E-state index >= 15 is 0 Å². The Kier molecular flexibility index (Phi) is 6.14. The first-order chi connectivity index (χ1) is 12.5. The second kappa shape index (κ2) is 8.35. The maximum absolute atomic E-state index is 6.21. The zero-order chi connectivity index (χ0) is 18.7. The van der Waals surface area contributed by atoms with Gasteiger partial charge in [-0.3, -0.25) is 4.90 Å². The fraction of sp³-hybridized carbons (Fsp3) is 0.632. The van der Waals surface area contributed by atoms with Crippen molar-refractivity contribution in [3.63, 3.8) is 0 Å². The summed E-state index contributed by atoms with van der Waals surface area (Å²) in [7, 11) is 0. The highest BCUT2D eigenvalue weighted by molar-refractivity contribution is 6.30. The third-order valence-corrected chi connectivity index (χ3v) is 5.37. The topological polar surface area (TPSA) is 50.1 Å². The highest BCUT2D eigenvalue weighted by atomic mass is 35.5. The van der Waals surface area contributed by atoms with E-state index in [0.29, 0.717) is 0 Å². The molecule has 1 aliphatic rings. The summed E-state index contributed by atoms with van der Waals surface area (Å²) in [5.41, 5.74) is 2.52. The van der Waals surface area contributed by atoms with Crippen molar-refractivity contribution in [3.8, 4) is 0 Å². The Morgan fingerprint density at radius 2 is 1.88 bits per heavy atom. The summed E-state index contributed by atoms with van der Waals surface area (Å²) in [6, 6.07) is 6.69. The van der Waals surface area contributed by atoms with Gasteiger partial charge in [-0.1, -0.05) is 31.0 Å². The van der Waals surface area contributed by atoms with E-state index in [1.165, 1.54) is 11.3 Å². The van der Waals surface area contributed by atoms with Crippen LogP contribution in [0.2, 0.25) is 5.02 Å². The highest BCUT2D eigenvalue weighted by Crippen LogP contribution is 2.29. The lowest BCUT2D eigenvalue weighted by Crippen LogP contribution is -2.48. The first kappa shape index (κ1) is 19.1. The quantitative estimate of drug-likeness (QED) is 0.765. The van der Waals surface area contributed by atoms with Crippen LogP contribution in [0.1, 0.15) is 57.1 Å². The molecule has 0 amide bonds. The summed E-state index contributed by atoms with van der Waals surface area (Å²) in [5.74, 6) is 0.995. The van der Waals surface area contributed by atoms with E-state index in [0.717, 1.165) is 49.9 Å². The Hall–Kier alpha value is -1.66. The normalized spacial score (nSPS) is 17.1. The molecule has 1 fully saturated rings. The van der Waals surface area contributed by atoms with E-state index in [-0.39, 0.29) is 12.1 Å². The van der Waals surface area contributed by atoms with Crippen molar-refractivity contribution in [3.05, 3.63) is 34.6 Å². The molecule has 0 aliphatic carbocycles. The van der Waals surface area contributed by atoms with Gasteiger partial charge in [0.1, 0.15) is 0 Å². The number of tetrazole rings is 1. The van der Waals surface area contributed by atoms with Gasteiger partial charge in [-0.05, 0) is 55.3 Å². The van der Waals surface area contributed by atoms with Crippen LogP contribution in [0.4, 0.5) is 5.69 Å². The first-order valence-corrected chi connectivity index (χ1v) is 9.92. The van der Waals surface area contributed by atoms with Gasteiger partial charge in [0.2, 0.25) is 0 Å². The molecule has 2 aromatic rings. The summed E-state index contributed by atoms with van der Waals surface area (Å²) in [6.07, 6.45) is 2.19. The molecule has 142 valence electrons. The molecule has 0 radical (unpaired) electrons. The molecule has 2 heterocycles. The van der Waals surface area contributed by atoms with Gasteiger partial charge < -0.3 is 4.90 Å². The second-order valence-electron chi connectivity index (χ2n) is 7.33. The fourth-order valence-corrected chi connectivity index (χ4v) is 3.90. The van der Waals surface area contributed by atoms with Crippen LogP contribution in [-0.4, -0.2) is 51.3 Å². The average Bonchev–Trinajstić information content (AvgIpc) is 3.12. The molecule has 0 bridgehead atoms. The number of benzene rings is 1. The first-order valence-electron chi connectivity index (χ1n) is 9.54. The maximum Gasteiger partial charge on any atom is 0.168 e. The molecule has 1 atom stereocenters. The van der Waals surface area contributed by atoms with E-state index in [1.54, 1.807) is 0 Å². The molecule has 0 unspecified atom stereocenters. The number of hydrogen-bond acceptors (Lipinski definition) is 5. The van der Waals surface area contributed by atoms with Crippen molar-refractivity contribution in [2.24, 2.45) is 0 Å². The summed E-state index contributed by atoms with van der Waals surface area (Å²) >= 11 is 6.21. The van der Waals surface area contributed by atoms with Crippen LogP contribution in [0.5, 0.6) is 0 Å². The van der Waals surface area contributed by atoms with Gasteiger partial charge in [-0.15, -0.1) is 5.10 Å². The van der Waals surface area contributed by atoms with E-state index in [9.17, 15) is 0 Å². The molecule has 1 aromatic carbocycles. The van der Waals surface area contributed by atoms with Crippen LogP contribution in [0.15, 0.2) is 18.2 Å². The lowest BCUT2D eigenvalue weighted by atomic mass is 10.1. The molecular weight excluding hydrogens is 348 g/mol. The van der Waals surface area contributed by atoms with Crippen LogP contribution in [-0.2, 0) is 0 Å². The summed E-state index contributed by atoms with van der Waals surface area (Å²) in [6.45, 7) is 12.6. The van der Waals surface area contributed by atoms with E-state index in [2.05, 4.69) is 65.2 Å². The number of aryl methyl sites for hydroxylation is 1. The summed E-state index contributed by atoms with van der Waals surface area (Å²) in [4.78, 5) is 4.97. The van der Waals surface area contributed by atoms with Crippen LogP contribution < -0.4 is 4.90 Å². The van der Waals surface area contributed by atoms with Crippen LogP contribution in [0.3, 0.4) is 0 Å². The minimum atomic E-state index is 0.273. The average molecular weight is 377 g/mol. The van der Waals surface area contributed by atoms with E-state index < -0.39 is 0 Å². The molecule has 0 N–H and O–H groups in total. The Bertz CT molecular complexity index is 721. The molecular formula is C19H29ClN6. The maximum atomic E-state index is 6.21. The molecule has 1 aliphatic heterocycles. The Morgan fingerprint density at radius 3 is 2.54 bits per heavy atom. The number of anilines is 1. The number of halogens is 1. The number of piperazine rings is 1. The van der Waals surface area contributed by atoms with Crippen molar-refractivity contribution >= 4 is 17.3 Å². The molecule has 0 spiro atoms. The molecule has 1 saturated heterocycles. The monoisotopic (exact) mass is 376 g/mol. The van der Waals surface area contributed by atoms with Gasteiger partial charge in [0.25, 0.3) is 0 Å². The lowest BCUT2D eigenvalue weighted by Gasteiger charge is -2.40. The number of aromatic nitrogens is 4. The smallest absolute Gasteiger partial charge is 0.168 e. The molecule has 3 rings (SSSR count). The zero-order valence-electron chi connectivity index (χ0n) is 16.2. The predicted octanol–water partition coefficient (Wildman–Crippen LogP) is 3.88. The fourth-order valence-electron chi connectivity index (χ4n) is 3.73. The van der Waals surface area contributed by atoms with Crippen molar-refractivity contribution < 1.29 is 0 Å². The largest absolute Gasteiger partial charge is 0.369 e. The van der Waals surface area contributed by atoms with E-state index in [4.69, 9.17) is 11.6 Å². The standard InChI is InChI=1S/C19H29ClN6/c1-5-6-17(19-21-22-23-26(19)14(2)3)24-9-11-25(12-10-24)18-13-16(20)8-7-15(18)4/h7-8,13-14,17H,5-6,9-12H2,1-4H3/t17-/m0/s1. The van der Waals surface area contributed by atoms with Gasteiger partial charge in [0.05, 0.1) is 12.1 Å². The van der Waals surface area contributed by atoms with E-state index in [1.807, 2.05) is 10.7 Å². The summed E-state index contributed by atoms with van der Waals surface area (Å²) < 4.78 is 1.97. The van der Waals surface area contributed by atoms with Crippen LogP contribution >= 0.6 is 11.6 Å². The number of hydrogen-bond donors (Lipinski definition) is 0. The van der Waals surface area contributed by atoms with Crippen LogP contribution in [0, 0.1) is 6.92 Å². The third-order valence-electron chi connectivity index (χ3n) is 5.13. The predicted molar refractivity (Wildman–Crippen MR) is 106 cm³/mol. The van der Waals surface area contributed by atoms with Gasteiger partial charge >= 0.3 is 0 Å². The van der Waals surface area contributed by atoms with Gasteiger partial charge in [-0.25, -0.2) is 4.68 Å². The third kappa shape index (κ3) is 4.01. The Balaban J connectivity index is 1.74. The number of rotatable bonds is 6. The summed E-state index contributed by atoms with van der Waals surface area (Å²) in [5, 5.41) is 13.3. The lowest BCUT2D eigenvalue weighted by molar-refractivity contribution is 0.162.